The van der Waals surface area contributed by atoms with Gasteiger partial charge in [-0.15, -0.1) is 12.4 Å². The molecule has 2 unspecified atom stereocenters. The van der Waals surface area contributed by atoms with Crippen molar-refractivity contribution in [2.24, 2.45) is 0 Å². The van der Waals surface area contributed by atoms with Gasteiger partial charge >= 0.3 is 5.97 Å². The molecule has 2 heterocycles. The van der Waals surface area contributed by atoms with Gasteiger partial charge in [-0.2, -0.15) is 0 Å². The quantitative estimate of drug-likeness (QED) is 0.753. The van der Waals surface area contributed by atoms with Crippen molar-refractivity contribution in [2.45, 2.75) is 38.0 Å². The highest BCUT2D eigenvalue weighted by Crippen LogP contribution is 2.15. The number of nitrogens with zero attached hydrogens (tertiary/aromatic N) is 1. The van der Waals surface area contributed by atoms with Gasteiger partial charge in [-0.1, -0.05) is 18.2 Å². The monoisotopic (exact) mass is 386 g/mol. The van der Waals surface area contributed by atoms with Crippen molar-refractivity contribution in [3.63, 3.8) is 0 Å². The predicted octanol–water partition coefficient (Wildman–Crippen LogP) is 1.66. The average Bonchev–Trinajstić information content (AvgIpc) is 3.12. The normalized spacial score (nSPS) is 22.8. The number of amides is 1. The average molecular weight is 387 g/mol. The Kier molecular flexibility index (Phi) is 7.81. The first-order chi connectivity index (χ1) is 12.1. The lowest BCUT2D eigenvalue weighted by Gasteiger charge is -2.33. The summed E-state index contributed by atoms with van der Waals surface area (Å²) in [6.45, 7) is 2.18. The fourth-order valence-corrected chi connectivity index (χ4v) is 3.13. The van der Waals surface area contributed by atoms with Gasteiger partial charge in [0.2, 0.25) is 5.91 Å². The van der Waals surface area contributed by atoms with E-state index in [2.05, 4.69) is 5.32 Å². The molecule has 8 heteroatoms. The van der Waals surface area contributed by atoms with Crippen molar-refractivity contribution in [1.82, 2.24) is 10.2 Å². The summed E-state index contributed by atoms with van der Waals surface area (Å²) < 4.78 is 24.4. The molecular weight excluding hydrogens is 363 g/mol. The molecule has 0 radical (unpaired) electrons. The van der Waals surface area contributed by atoms with Gasteiger partial charge in [0.05, 0.1) is 18.6 Å². The van der Waals surface area contributed by atoms with Crippen LogP contribution in [0.25, 0.3) is 0 Å². The van der Waals surface area contributed by atoms with E-state index >= 15 is 0 Å². The van der Waals surface area contributed by atoms with Crippen LogP contribution in [0.1, 0.15) is 24.8 Å². The van der Waals surface area contributed by atoms with Gasteiger partial charge in [0, 0.05) is 31.8 Å². The summed E-state index contributed by atoms with van der Waals surface area (Å²) in [4.78, 5) is 26.1. The molecule has 1 aromatic carbocycles. The molecular formula is C18H24ClFN2O4. The third kappa shape index (κ3) is 5.40. The lowest BCUT2D eigenvalue weighted by Crippen LogP contribution is -2.55. The molecule has 2 aliphatic heterocycles. The first-order valence-corrected chi connectivity index (χ1v) is 8.66. The smallest absolute Gasteiger partial charge is 0.308 e. The van der Waals surface area contributed by atoms with Crippen molar-refractivity contribution >= 4 is 24.3 Å². The van der Waals surface area contributed by atoms with Gasteiger partial charge in [-0.25, -0.2) is 4.39 Å². The molecule has 144 valence electrons. The number of carbonyl (C=O) groups is 2. The summed E-state index contributed by atoms with van der Waals surface area (Å²) in [7, 11) is 0. The topological polar surface area (TPSA) is 67.9 Å². The van der Waals surface area contributed by atoms with Gasteiger partial charge in [-0.3, -0.25) is 9.59 Å². The second-order valence-corrected chi connectivity index (χ2v) is 6.38. The summed E-state index contributed by atoms with van der Waals surface area (Å²) in [5.41, 5.74) is 0.470. The van der Waals surface area contributed by atoms with E-state index in [9.17, 15) is 14.0 Å². The fraction of sp³-hybridized carbons (Fsp3) is 0.556. The Balaban J connectivity index is 0.00000243. The number of hydrogen-bond acceptors (Lipinski definition) is 5. The highest BCUT2D eigenvalue weighted by Gasteiger charge is 2.31. The van der Waals surface area contributed by atoms with Crippen molar-refractivity contribution in [2.75, 3.05) is 26.3 Å². The van der Waals surface area contributed by atoms with Crippen LogP contribution in [0.2, 0.25) is 0 Å². The Morgan fingerprint density at radius 3 is 2.92 bits per heavy atom. The van der Waals surface area contributed by atoms with E-state index in [4.69, 9.17) is 9.47 Å². The second kappa shape index (κ2) is 9.85. The van der Waals surface area contributed by atoms with Crippen LogP contribution in [0.3, 0.4) is 0 Å². The van der Waals surface area contributed by atoms with Gasteiger partial charge in [0.25, 0.3) is 0 Å². The molecule has 1 aromatic rings. The molecule has 2 saturated heterocycles. The van der Waals surface area contributed by atoms with Crippen LogP contribution >= 0.6 is 12.4 Å². The van der Waals surface area contributed by atoms with Crippen LogP contribution < -0.4 is 5.32 Å². The number of piperazine rings is 1. The molecule has 0 saturated carbocycles. The van der Waals surface area contributed by atoms with E-state index in [1.807, 2.05) is 0 Å². The van der Waals surface area contributed by atoms with Crippen LogP contribution in [0, 0.1) is 5.82 Å². The first-order valence-electron chi connectivity index (χ1n) is 8.66. The largest absolute Gasteiger partial charge is 0.463 e. The highest BCUT2D eigenvalue weighted by molar-refractivity contribution is 5.87. The van der Waals surface area contributed by atoms with E-state index in [0.717, 1.165) is 12.8 Å². The molecule has 2 atom stereocenters. The summed E-state index contributed by atoms with van der Waals surface area (Å²) in [6, 6.07) is 5.77. The Labute approximate surface area is 158 Å². The molecule has 2 fully saturated rings. The molecule has 3 rings (SSSR count). The zero-order valence-electron chi connectivity index (χ0n) is 14.5. The van der Waals surface area contributed by atoms with Crippen LogP contribution in [0.15, 0.2) is 24.3 Å². The molecule has 26 heavy (non-hydrogen) atoms. The number of esters is 1. The van der Waals surface area contributed by atoms with E-state index in [1.54, 1.807) is 23.1 Å². The maximum absolute atomic E-state index is 13.8. The van der Waals surface area contributed by atoms with Gasteiger partial charge in [-0.05, 0) is 18.9 Å². The van der Waals surface area contributed by atoms with Crippen LogP contribution in [-0.2, 0) is 25.6 Å². The number of nitrogens with one attached hydrogen (secondary N) is 1. The molecule has 0 aliphatic carbocycles. The van der Waals surface area contributed by atoms with Crippen LogP contribution in [0.5, 0.6) is 0 Å². The second-order valence-electron chi connectivity index (χ2n) is 6.38. The predicted molar refractivity (Wildman–Crippen MR) is 95.4 cm³/mol. The number of hydrogen-bond donors (Lipinski definition) is 1. The van der Waals surface area contributed by atoms with E-state index in [1.165, 1.54) is 6.07 Å². The highest BCUT2D eigenvalue weighted by atomic mass is 35.5. The van der Waals surface area contributed by atoms with Gasteiger partial charge < -0.3 is 19.7 Å². The lowest BCUT2D eigenvalue weighted by atomic mass is 10.1. The Bertz CT molecular complexity index is 625. The molecule has 2 aliphatic rings. The third-order valence-corrected chi connectivity index (χ3v) is 4.53. The number of ether oxygens (including phenoxy) is 2. The van der Waals surface area contributed by atoms with Gasteiger partial charge in [0.15, 0.2) is 0 Å². The van der Waals surface area contributed by atoms with E-state index < -0.39 is 12.0 Å². The minimum absolute atomic E-state index is 0. The summed E-state index contributed by atoms with van der Waals surface area (Å²) in [6.07, 6.45) is 1.82. The van der Waals surface area contributed by atoms with Crippen LogP contribution in [0.4, 0.5) is 4.39 Å². The van der Waals surface area contributed by atoms with Crippen molar-refractivity contribution in [1.29, 1.82) is 0 Å². The lowest BCUT2D eigenvalue weighted by molar-refractivity contribution is -0.151. The maximum Gasteiger partial charge on any atom is 0.308 e. The standard InChI is InChI=1S/C18H23FN2O4.ClH/c19-15-6-2-1-4-13(15)11-21-8-7-20-16(18(21)23)10-17(22)25-12-14-5-3-9-24-14;/h1-2,4,6,14,16,20H,3,5,7-12H2;1H. The molecule has 1 N–H and O–H groups in total. The number of benzene rings is 1. The molecule has 0 aromatic heterocycles. The Morgan fingerprint density at radius 1 is 1.38 bits per heavy atom. The minimum atomic E-state index is -0.627. The Hall–Kier alpha value is -1.70. The van der Waals surface area contributed by atoms with Crippen molar-refractivity contribution in [3.8, 4) is 0 Å². The van der Waals surface area contributed by atoms with Crippen molar-refractivity contribution in [3.05, 3.63) is 35.6 Å². The summed E-state index contributed by atoms with van der Waals surface area (Å²) in [5, 5.41) is 3.04. The third-order valence-electron chi connectivity index (χ3n) is 4.53. The molecule has 6 nitrogen and oxygen atoms in total. The number of carbonyl (C=O) groups excluding carboxylic acids is 2. The zero-order chi connectivity index (χ0) is 17.6. The maximum atomic E-state index is 13.8. The molecule has 0 spiro atoms. The molecule has 0 bridgehead atoms. The van der Waals surface area contributed by atoms with E-state index in [-0.39, 0.29) is 49.8 Å². The number of rotatable bonds is 6. The fourth-order valence-electron chi connectivity index (χ4n) is 3.13. The zero-order valence-corrected chi connectivity index (χ0v) is 15.3. The Morgan fingerprint density at radius 2 is 2.19 bits per heavy atom. The van der Waals surface area contributed by atoms with E-state index in [0.29, 0.717) is 25.3 Å². The van der Waals surface area contributed by atoms with Crippen molar-refractivity contribution < 1.29 is 23.5 Å². The number of halogens is 2. The van der Waals surface area contributed by atoms with Crippen LogP contribution in [-0.4, -0.2) is 55.2 Å². The molecule has 1 amide bonds. The summed E-state index contributed by atoms with van der Waals surface area (Å²) >= 11 is 0. The first kappa shape index (κ1) is 20.6. The SMILES string of the molecule is Cl.O=C(CC1NCCN(Cc2ccccc2F)C1=O)OCC1CCCO1. The van der Waals surface area contributed by atoms with Gasteiger partial charge in [0.1, 0.15) is 12.4 Å². The summed E-state index contributed by atoms with van der Waals surface area (Å²) in [5.74, 6) is -0.959. The minimum Gasteiger partial charge on any atom is -0.463 e.